The fourth-order valence-corrected chi connectivity index (χ4v) is 10.2. The van der Waals surface area contributed by atoms with Gasteiger partial charge in [-0.2, -0.15) is 6.07 Å². The molecule has 72 heavy (non-hydrogen) atoms. The second kappa shape index (κ2) is 18.9. The minimum Gasteiger partial charge on any atom is -0.509 e. The number of benzene rings is 6. The van der Waals surface area contributed by atoms with Crippen LogP contribution in [0.2, 0.25) is 0 Å². The molecule has 0 fully saturated rings. The van der Waals surface area contributed by atoms with E-state index in [0.29, 0.717) is 11.5 Å². The molecule has 5 nitrogen and oxygen atoms in total. The second-order valence-corrected chi connectivity index (χ2v) is 24.9. The third-order valence-electron chi connectivity index (χ3n) is 14.6. The number of hydrogen-bond acceptors (Lipinski definition) is 4. The van der Waals surface area contributed by atoms with E-state index in [2.05, 4.69) is 277 Å². The van der Waals surface area contributed by atoms with Gasteiger partial charge in [-0.15, -0.1) is 53.6 Å². The van der Waals surface area contributed by atoms with E-state index in [0.717, 1.165) is 44.6 Å². The molecule has 0 saturated carbocycles. The van der Waals surface area contributed by atoms with Crippen LogP contribution < -0.4 is 14.5 Å². The van der Waals surface area contributed by atoms with Crippen LogP contribution in [0.3, 0.4) is 0 Å². The predicted molar refractivity (Wildman–Crippen MR) is 299 cm³/mol. The summed E-state index contributed by atoms with van der Waals surface area (Å²) in [7, 11) is 0. The van der Waals surface area contributed by atoms with Crippen molar-refractivity contribution >= 4 is 33.2 Å². The zero-order valence-corrected chi connectivity index (χ0v) is 47.7. The molecule has 9 rings (SSSR count). The smallest absolute Gasteiger partial charge is 0.135 e. The normalized spacial score (nSPS) is 14.1. The first-order valence-electron chi connectivity index (χ1n) is 25.4. The van der Waals surface area contributed by atoms with Gasteiger partial charge in [-0.25, -0.2) is 4.98 Å². The number of pyridine rings is 1. The SMILES string of the molecule is CC(C)(C)C1=C(C(C)(C)C)N(c2cc(C(C)(C)c3ccccc3)cc(C(C)(C)c3ccccc3)c2)[CH-]N1c1[c-]c(Oc2[c-]c3c(cc2)c2ccccc2n3-c2cc(C(C)(C)C)ccn2)cc(C(C)(C)C)c1.[Pt]. The van der Waals surface area contributed by atoms with Gasteiger partial charge in [0.25, 0.3) is 0 Å². The van der Waals surface area contributed by atoms with Crippen molar-refractivity contribution in [1.29, 1.82) is 0 Å². The van der Waals surface area contributed by atoms with Gasteiger partial charge in [0, 0.05) is 83.0 Å². The molecule has 8 aromatic rings. The minimum absolute atomic E-state index is 0. The maximum Gasteiger partial charge on any atom is 0.135 e. The number of para-hydroxylation sites is 1. The van der Waals surface area contributed by atoms with Crippen molar-refractivity contribution in [1.82, 2.24) is 9.55 Å². The Kier molecular flexibility index (Phi) is 13.7. The van der Waals surface area contributed by atoms with E-state index in [1.54, 1.807) is 0 Å². The summed E-state index contributed by atoms with van der Waals surface area (Å²) >= 11 is 0. The van der Waals surface area contributed by atoms with E-state index >= 15 is 0 Å². The van der Waals surface area contributed by atoms with Gasteiger partial charge in [0.05, 0.1) is 0 Å². The topological polar surface area (TPSA) is 33.5 Å². The molecular weight excluding hydrogens is 1060 g/mol. The van der Waals surface area contributed by atoms with Crippen LogP contribution >= 0.6 is 0 Å². The van der Waals surface area contributed by atoms with E-state index in [4.69, 9.17) is 9.72 Å². The maximum atomic E-state index is 6.99. The Hall–Kier alpha value is -5.90. The molecule has 376 valence electrons. The first-order valence-corrected chi connectivity index (χ1v) is 25.4. The Morgan fingerprint density at radius 2 is 0.986 bits per heavy atom. The molecule has 2 aromatic heterocycles. The number of hydrogen-bond donors (Lipinski definition) is 0. The quantitative estimate of drug-likeness (QED) is 0.135. The summed E-state index contributed by atoms with van der Waals surface area (Å²) in [6, 6.07) is 58.2. The summed E-state index contributed by atoms with van der Waals surface area (Å²) < 4.78 is 9.21. The Balaban J connectivity index is 0.00000693. The zero-order valence-electron chi connectivity index (χ0n) is 45.4. The number of nitrogens with zero attached hydrogens (tertiary/aromatic N) is 4. The Morgan fingerprint density at radius 1 is 0.444 bits per heavy atom. The largest absolute Gasteiger partial charge is 0.509 e. The molecule has 0 unspecified atom stereocenters. The second-order valence-electron chi connectivity index (χ2n) is 24.9. The van der Waals surface area contributed by atoms with Crippen LogP contribution in [0.15, 0.2) is 157 Å². The van der Waals surface area contributed by atoms with Crippen molar-refractivity contribution in [3.63, 3.8) is 0 Å². The molecule has 1 aliphatic heterocycles. The molecule has 0 saturated heterocycles. The third-order valence-corrected chi connectivity index (χ3v) is 14.6. The molecule has 1 aliphatic rings. The van der Waals surface area contributed by atoms with Crippen molar-refractivity contribution in [2.75, 3.05) is 9.80 Å². The van der Waals surface area contributed by atoms with Crippen LogP contribution in [0.4, 0.5) is 11.4 Å². The average Bonchev–Trinajstić information content (AvgIpc) is 3.90. The van der Waals surface area contributed by atoms with Gasteiger partial charge in [-0.3, -0.25) is 0 Å². The van der Waals surface area contributed by atoms with Gasteiger partial charge in [-0.05, 0) is 74.4 Å². The van der Waals surface area contributed by atoms with Crippen molar-refractivity contribution in [2.24, 2.45) is 10.8 Å². The number of aromatic nitrogens is 2. The summed E-state index contributed by atoms with van der Waals surface area (Å²) in [5.74, 6) is 2.10. The number of rotatable bonds is 9. The molecule has 0 N–H and O–H groups in total. The van der Waals surface area contributed by atoms with Crippen molar-refractivity contribution in [3.05, 3.63) is 209 Å². The van der Waals surface area contributed by atoms with E-state index in [9.17, 15) is 0 Å². The predicted octanol–water partition coefficient (Wildman–Crippen LogP) is 17.6. The molecular formula is C66H73N4OPt-3. The fraction of sp³-hybridized carbons (Fsp3) is 0.333. The van der Waals surface area contributed by atoms with Crippen molar-refractivity contribution in [2.45, 2.75) is 132 Å². The molecule has 6 heteroatoms. The third kappa shape index (κ3) is 9.96. The van der Waals surface area contributed by atoms with Crippen molar-refractivity contribution in [3.8, 4) is 17.3 Å². The first kappa shape index (κ1) is 52.4. The first-order chi connectivity index (χ1) is 33.2. The van der Waals surface area contributed by atoms with Gasteiger partial charge < -0.3 is 19.1 Å². The summed E-state index contributed by atoms with van der Waals surface area (Å²) in [6.07, 6.45) is 1.92. The van der Waals surface area contributed by atoms with E-state index in [-0.39, 0.29) is 53.6 Å². The van der Waals surface area contributed by atoms with Gasteiger partial charge in [0.15, 0.2) is 0 Å². The summed E-state index contributed by atoms with van der Waals surface area (Å²) in [5.41, 5.74) is 12.7. The summed E-state index contributed by atoms with van der Waals surface area (Å²) in [4.78, 5) is 9.78. The van der Waals surface area contributed by atoms with Crippen LogP contribution in [-0.2, 0) is 42.7 Å². The van der Waals surface area contributed by atoms with Gasteiger partial charge in [-0.1, -0.05) is 201 Å². The molecule has 0 aliphatic carbocycles. The number of anilines is 2. The van der Waals surface area contributed by atoms with Gasteiger partial charge >= 0.3 is 0 Å². The Morgan fingerprint density at radius 3 is 1.54 bits per heavy atom. The number of allylic oxidation sites excluding steroid dienone is 2. The van der Waals surface area contributed by atoms with Crippen LogP contribution in [0.5, 0.6) is 11.5 Å². The molecule has 0 radical (unpaired) electrons. The molecule has 6 aromatic carbocycles. The molecule has 0 amide bonds. The molecule has 0 spiro atoms. The van der Waals surface area contributed by atoms with Crippen LogP contribution in [0, 0.1) is 29.6 Å². The molecule has 3 heterocycles. The van der Waals surface area contributed by atoms with E-state index < -0.39 is 0 Å². The summed E-state index contributed by atoms with van der Waals surface area (Å²) in [6.45, 7) is 39.3. The summed E-state index contributed by atoms with van der Waals surface area (Å²) in [5, 5.41) is 2.24. The van der Waals surface area contributed by atoms with Gasteiger partial charge in [0.1, 0.15) is 5.82 Å². The number of ether oxygens (including phenoxy) is 1. The fourth-order valence-electron chi connectivity index (χ4n) is 10.2. The Labute approximate surface area is 445 Å². The van der Waals surface area contributed by atoms with Crippen LogP contribution in [0.25, 0.3) is 27.6 Å². The molecule has 0 atom stereocenters. The van der Waals surface area contributed by atoms with Crippen LogP contribution in [0.1, 0.15) is 144 Å². The maximum absolute atomic E-state index is 6.99. The van der Waals surface area contributed by atoms with Crippen LogP contribution in [-0.4, -0.2) is 9.55 Å². The number of fused-ring (bicyclic) bond motifs is 3. The van der Waals surface area contributed by atoms with E-state index in [1.807, 2.05) is 12.3 Å². The van der Waals surface area contributed by atoms with Gasteiger partial charge in [0.2, 0.25) is 0 Å². The monoisotopic (exact) mass is 1130 g/mol. The Bertz CT molecular complexity index is 3230. The molecule has 0 bridgehead atoms. The van der Waals surface area contributed by atoms with E-state index in [1.165, 1.54) is 39.2 Å². The average molecular weight is 1130 g/mol. The minimum atomic E-state index is -0.279. The standard InChI is InChI=1S/C66H73N4O.Pt/c1-61(2,3)46-33-34-67-58(40-46)70-56-30-24-23-29-54(56)55-32-31-52(42-57(55)70)71-53-39-47(62(4,5)6)36-51(41-53)69-43-68(59(63(7,8)9)60(69)64(10,11)12)50-37-48(65(13,14)44-25-19-17-20-26-44)35-49(38-50)66(15,16)45-27-21-18-22-28-45;/h17-40,43H,1-16H3;/q-3;. The zero-order chi connectivity index (χ0) is 51.1. The van der Waals surface area contributed by atoms with Crippen molar-refractivity contribution < 1.29 is 25.8 Å².